The Hall–Kier alpha value is -2.89. The van der Waals surface area contributed by atoms with Gasteiger partial charge < -0.3 is 15.2 Å². The molecule has 3 rings (SSSR count). The lowest BCUT2D eigenvalue weighted by molar-refractivity contribution is 0.155. The van der Waals surface area contributed by atoms with Crippen molar-refractivity contribution in [3.05, 3.63) is 84.6 Å². The first kappa shape index (κ1) is 19.9. The van der Waals surface area contributed by atoms with Gasteiger partial charge in [0.2, 0.25) is 0 Å². The van der Waals surface area contributed by atoms with Gasteiger partial charge >= 0.3 is 6.09 Å². The first-order chi connectivity index (χ1) is 13.7. The average molecular weight is 378 g/mol. The molecule has 2 N–H and O–H groups in total. The molecule has 5 nitrogen and oxygen atoms in total. The molecule has 0 saturated heterocycles. The molecule has 1 aromatic heterocycles. The van der Waals surface area contributed by atoms with E-state index in [0.717, 1.165) is 22.0 Å². The molecule has 5 heteroatoms. The quantitative estimate of drug-likeness (QED) is 0.563. The third-order valence-electron chi connectivity index (χ3n) is 4.77. The summed E-state index contributed by atoms with van der Waals surface area (Å²) in [6.07, 6.45) is 3.92. The molecule has 146 valence electrons. The molecule has 0 aliphatic carbocycles. The number of carbonyl (C=O) groups is 1. The lowest BCUT2D eigenvalue weighted by Gasteiger charge is -2.24. The smallest absolute Gasteiger partial charge is 0.418 e. The van der Waals surface area contributed by atoms with Crippen molar-refractivity contribution in [2.75, 3.05) is 13.2 Å². The lowest BCUT2D eigenvalue weighted by atomic mass is 9.99. The van der Waals surface area contributed by atoms with Crippen LogP contribution in [0.15, 0.2) is 73.4 Å². The molecule has 3 aromatic rings. The second-order valence-electron chi connectivity index (χ2n) is 6.56. The van der Waals surface area contributed by atoms with E-state index in [-0.39, 0.29) is 18.7 Å². The number of aliphatic hydroxyl groups excluding tert-OH is 1. The number of carbonyl (C=O) groups excluding carboxylic acids is 1. The summed E-state index contributed by atoms with van der Waals surface area (Å²) in [5.41, 5.74) is 2.78. The van der Waals surface area contributed by atoms with E-state index in [4.69, 9.17) is 4.74 Å². The number of benzene rings is 2. The Morgan fingerprint density at radius 1 is 1.18 bits per heavy atom. The Bertz CT molecular complexity index is 933. The summed E-state index contributed by atoms with van der Waals surface area (Å²) < 4.78 is 6.75. The standard InChI is InChI=1S/C23H26N2O3/c1-3-10-20(24-21(16-26)17-11-6-5-7-12-17)19-15-25(23(27)28-4-2)22-14-9-8-13-18(19)22/h3,5-9,11-15,20-21,24,26H,1,4,10,16H2,2H3/t20?,21-/m1/s1. The molecule has 1 heterocycles. The lowest BCUT2D eigenvalue weighted by Crippen LogP contribution is -2.28. The van der Waals surface area contributed by atoms with Crippen LogP contribution in [0.5, 0.6) is 0 Å². The molecule has 1 unspecified atom stereocenters. The third kappa shape index (κ3) is 4.16. The number of hydrogen-bond donors (Lipinski definition) is 2. The van der Waals surface area contributed by atoms with E-state index >= 15 is 0 Å². The number of ether oxygens (including phenoxy) is 1. The summed E-state index contributed by atoms with van der Waals surface area (Å²) in [6, 6.07) is 17.2. The highest BCUT2D eigenvalue weighted by Gasteiger charge is 2.22. The van der Waals surface area contributed by atoms with Crippen molar-refractivity contribution in [1.82, 2.24) is 9.88 Å². The molecule has 0 spiro atoms. The van der Waals surface area contributed by atoms with E-state index in [1.165, 1.54) is 0 Å². The van der Waals surface area contributed by atoms with Gasteiger partial charge in [0.1, 0.15) is 0 Å². The topological polar surface area (TPSA) is 63.5 Å². The van der Waals surface area contributed by atoms with E-state index in [9.17, 15) is 9.90 Å². The summed E-state index contributed by atoms with van der Waals surface area (Å²) in [5.74, 6) is 0. The minimum Gasteiger partial charge on any atom is -0.449 e. The Morgan fingerprint density at radius 3 is 2.57 bits per heavy atom. The Kier molecular flexibility index (Phi) is 6.63. The fourth-order valence-electron chi connectivity index (χ4n) is 3.46. The van der Waals surface area contributed by atoms with Crippen molar-refractivity contribution < 1.29 is 14.6 Å². The average Bonchev–Trinajstić information content (AvgIpc) is 3.12. The highest BCUT2D eigenvalue weighted by molar-refractivity contribution is 5.92. The predicted octanol–water partition coefficient (Wildman–Crippen LogP) is 4.59. The zero-order valence-corrected chi connectivity index (χ0v) is 16.0. The maximum absolute atomic E-state index is 12.4. The van der Waals surface area contributed by atoms with Crippen molar-refractivity contribution in [3.8, 4) is 0 Å². The van der Waals surface area contributed by atoms with Crippen LogP contribution in [0.25, 0.3) is 10.9 Å². The van der Waals surface area contributed by atoms with Crippen LogP contribution in [0, 0.1) is 0 Å². The maximum Gasteiger partial charge on any atom is 0.418 e. The second kappa shape index (κ2) is 9.35. The van der Waals surface area contributed by atoms with Gasteiger partial charge in [0.25, 0.3) is 0 Å². The fraction of sp³-hybridized carbons (Fsp3) is 0.261. The second-order valence-corrected chi connectivity index (χ2v) is 6.56. The van der Waals surface area contributed by atoms with E-state index in [1.807, 2.05) is 66.9 Å². The first-order valence-corrected chi connectivity index (χ1v) is 9.49. The number of nitrogens with zero attached hydrogens (tertiary/aromatic N) is 1. The molecule has 0 radical (unpaired) electrons. The molecule has 0 amide bonds. The molecule has 0 saturated carbocycles. The van der Waals surface area contributed by atoms with Crippen LogP contribution in [-0.4, -0.2) is 29.0 Å². The Labute approximate surface area is 165 Å². The number of nitrogens with one attached hydrogen (secondary N) is 1. The van der Waals surface area contributed by atoms with Gasteiger partial charge in [0.15, 0.2) is 0 Å². The number of hydrogen-bond acceptors (Lipinski definition) is 4. The van der Waals surface area contributed by atoms with Crippen LogP contribution in [0.2, 0.25) is 0 Å². The van der Waals surface area contributed by atoms with Gasteiger partial charge in [-0.3, -0.25) is 4.57 Å². The number of rotatable bonds is 8. The molecular formula is C23H26N2O3. The van der Waals surface area contributed by atoms with Gasteiger partial charge in [-0.05, 0) is 30.5 Å². The predicted molar refractivity (Wildman–Crippen MR) is 111 cm³/mol. The molecule has 0 aliphatic heterocycles. The van der Waals surface area contributed by atoms with Crippen molar-refractivity contribution >= 4 is 17.0 Å². The molecular weight excluding hydrogens is 352 g/mol. The summed E-state index contributed by atoms with van der Waals surface area (Å²) >= 11 is 0. The highest BCUT2D eigenvalue weighted by Crippen LogP contribution is 2.31. The van der Waals surface area contributed by atoms with Gasteiger partial charge in [-0.15, -0.1) is 6.58 Å². The normalized spacial score (nSPS) is 13.2. The van der Waals surface area contributed by atoms with Gasteiger partial charge in [0.05, 0.1) is 24.8 Å². The highest BCUT2D eigenvalue weighted by atomic mass is 16.5. The van der Waals surface area contributed by atoms with E-state index < -0.39 is 6.09 Å². The maximum atomic E-state index is 12.4. The number of aromatic nitrogens is 1. The van der Waals surface area contributed by atoms with Gasteiger partial charge in [-0.1, -0.05) is 54.6 Å². The number of aliphatic hydroxyl groups is 1. The third-order valence-corrected chi connectivity index (χ3v) is 4.77. The van der Waals surface area contributed by atoms with E-state index in [1.54, 1.807) is 11.5 Å². The van der Waals surface area contributed by atoms with Crippen molar-refractivity contribution in [2.24, 2.45) is 0 Å². The van der Waals surface area contributed by atoms with E-state index in [0.29, 0.717) is 13.0 Å². The minimum atomic E-state index is -0.399. The molecule has 0 aliphatic rings. The molecule has 28 heavy (non-hydrogen) atoms. The zero-order chi connectivity index (χ0) is 19.9. The minimum absolute atomic E-state index is 0.0336. The largest absolute Gasteiger partial charge is 0.449 e. The SMILES string of the molecule is C=CCC(N[C@H](CO)c1ccccc1)c1cn(C(=O)OCC)c2ccccc12. The van der Waals surface area contributed by atoms with Crippen LogP contribution in [-0.2, 0) is 4.74 Å². The van der Waals surface area contributed by atoms with Gasteiger partial charge in [-0.25, -0.2) is 4.79 Å². The monoisotopic (exact) mass is 378 g/mol. The summed E-state index contributed by atoms with van der Waals surface area (Å²) in [4.78, 5) is 12.4. The van der Waals surface area contributed by atoms with E-state index in [2.05, 4.69) is 11.9 Å². The Morgan fingerprint density at radius 2 is 1.89 bits per heavy atom. The van der Waals surface area contributed by atoms with Crippen LogP contribution < -0.4 is 5.32 Å². The molecule has 0 bridgehead atoms. The van der Waals surface area contributed by atoms with Crippen LogP contribution in [0.3, 0.4) is 0 Å². The van der Waals surface area contributed by atoms with Crippen molar-refractivity contribution in [1.29, 1.82) is 0 Å². The number of fused-ring (bicyclic) bond motifs is 1. The fourth-order valence-corrected chi connectivity index (χ4v) is 3.46. The van der Waals surface area contributed by atoms with Gasteiger partial charge in [-0.2, -0.15) is 0 Å². The first-order valence-electron chi connectivity index (χ1n) is 9.49. The molecule has 2 aromatic carbocycles. The van der Waals surface area contributed by atoms with Crippen molar-refractivity contribution in [2.45, 2.75) is 25.4 Å². The molecule has 2 atom stereocenters. The van der Waals surface area contributed by atoms with Crippen LogP contribution in [0.1, 0.15) is 36.6 Å². The molecule has 0 fully saturated rings. The summed E-state index contributed by atoms with van der Waals surface area (Å²) in [7, 11) is 0. The number of para-hydroxylation sites is 1. The van der Waals surface area contributed by atoms with Gasteiger partial charge in [0, 0.05) is 17.6 Å². The van der Waals surface area contributed by atoms with Crippen LogP contribution in [0.4, 0.5) is 4.79 Å². The van der Waals surface area contributed by atoms with Crippen LogP contribution >= 0.6 is 0 Å². The summed E-state index contributed by atoms with van der Waals surface area (Å²) in [5, 5.41) is 14.5. The Balaban J connectivity index is 2.01. The summed E-state index contributed by atoms with van der Waals surface area (Å²) in [6.45, 7) is 5.95. The zero-order valence-electron chi connectivity index (χ0n) is 16.0. The van der Waals surface area contributed by atoms with Crippen molar-refractivity contribution in [3.63, 3.8) is 0 Å².